The molecular weight excluding hydrogens is 288 g/mol. The predicted octanol–water partition coefficient (Wildman–Crippen LogP) is 4.17. The molecule has 0 amide bonds. The average molecular weight is 313 g/mol. The Morgan fingerprint density at radius 2 is 2.20 bits per heavy atom. The van der Waals surface area contributed by atoms with Gasteiger partial charge in [-0.15, -0.1) is 0 Å². The molecule has 0 aromatic heterocycles. The second-order valence-corrected chi connectivity index (χ2v) is 7.38. The summed E-state index contributed by atoms with van der Waals surface area (Å²) in [5.74, 6) is 1.19. The molecule has 2 unspecified atom stereocenters. The Labute approximate surface area is 132 Å². The molecule has 0 bridgehead atoms. The zero-order valence-electron chi connectivity index (χ0n) is 12.7. The summed E-state index contributed by atoms with van der Waals surface area (Å²) >= 11 is 8.30. The quantitative estimate of drug-likeness (QED) is 0.822. The molecule has 1 aliphatic heterocycles. The van der Waals surface area contributed by atoms with Gasteiger partial charge in [-0.2, -0.15) is 11.8 Å². The van der Waals surface area contributed by atoms with E-state index in [1.807, 2.05) is 6.07 Å². The fraction of sp³-hybridized carbons (Fsp3) is 0.625. The number of halogens is 1. The van der Waals surface area contributed by atoms with Gasteiger partial charge in [-0.3, -0.25) is 0 Å². The number of nitrogens with zero attached hydrogens (tertiary/aromatic N) is 1. The largest absolute Gasteiger partial charge is 0.367 e. The molecule has 1 saturated heterocycles. The minimum absolute atomic E-state index is 0.553. The van der Waals surface area contributed by atoms with Crippen molar-refractivity contribution in [3.05, 3.63) is 28.8 Å². The smallest absolute Gasteiger partial charge is 0.0429 e. The minimum atomic E-state index is 0.553. The van der Waals surface area contributed by atoms with Gasteiger partial charge in [0.25, 0.3) is 0 Å². The lowest BCUT2D eigenvalue weighted by atomic mass is 10.1. The highest BCUT2D eigenvalue weighted by atomic mass is 35.5. The molecule has 1 aromatic carbocycles. The third-order valence-electron chi connectivity index (χ3n) is 3.98. The van der Waals surface area contributed by atoms with Gasteiger partial charge in [0, 0.05) is 40.8 Å². The van der Waals surface area contributed by atoms with Crippen molar-refractivity contribution in [2.45, 2.75) is 45.0 Å². The molecular formula is C16H25ClN2S. The van der Waals surface area contributed by atoms with E-state index in [2.05, 4.69) is 54.9 Å². The molecule has 1 heterocycles. The van der Waals surface area contributed by atoms with Crippen molar-refractivity contribution in [2.75, 3.05) is 23.7 Å². The molecule has 2 rings (SSSR count). The summed E-state index contributed by atoms with van der Waals surface area (Å²) in [5.41, 5.74) is 2.66. The van der Waals surface area contributed by atoms with Gasteiger partial charge in [-0.1, -0.05) is 31.5 Å². The lowest BCUT2D eigenvalue weighted by molar-refractivity contribution is 0.618. The summed E-state index contributed by atoms with van der Waals surface area (Å²) in [6.45, 7) is 9.93. The number of thioether (sulfide) groups is 1. The zero-order chi connectivity index (χ0) is 14.5. The molecule has 20 heavy (non-hydrogen) atoms. The van der Waals surface area contributed by atoms with Gasteiger partial charge in [-0.05, 0) is 37.6 Å². The van der Waals surface area contributed by atoms with Crippen LogP contribution in [0.15, 0.2) is 18.2 Å². The maximum absolute atomic E-state index is 6.23. The number of rotatable bonds is 5. The van der Waals surface area contributed by atoms with Gasteiger partial charge in [-0.25, -0.2) is 0 Å². The Kier molecular flexibility index (Phi) is 6.06. The fourth-order valence-corrected chi connectivity index (χ4v) is 3.89. The van der Waals surface area contributed by atoms with E-state index in [4.69, 9.17) is 11.6 Å². The summed E-state index contributed by atoms with van der Waals surface area (Å²) < 4.78 is 0. The van der Waals surface area contributed by atoms with Crippen LogP contribution in [0.1, 0.15) is 32.8 Å². The van der Waals surface area contributed by atoms with E-state index in [-0.39, 0.29) is 0 Å². The lowest BCUT2D eigenvalue weighted by Gasteiger charge is -2.40. The second kappa shape index (κ2) is 7.58. The number of anilines is 1. The fourth-order valence-electron chi connectivity index (χ4n) is 2.63. The average Bonchev–Trinajstić information content (AvgIpc) is 2.44. The van der Waals surface area contributed by atoms with Gasteiger partial charge in [0.15, 0.2) is 0 Å². The van der Waals surface area contributed by atoms with E-state index in [1.165, 1.54) is 17.0 Å². The highest BCUT2D eigenvalue weighted by Crippen LogP contribution is 2.32. The van der Waals surface area contributed by atoms with E-state index in [1.54, 1.807) is 0 Å². The maximum atomic E-state index is 6.23. The first-order valence-corrected chi connectivity index (χ1v) is 8.93. The first-order valence-electron chi connectivity index (χ1n) is 7.51. The molecule has 0 saturated carbocycles. The van der Waals surface area contributed by atoms with E-state index in [9.17, 15) is 0 Å². The summed E-state index contributed by atoms with van der Waals surface area (Å²) in [5, 5.41) is 5.00. The Morgan fingerprint density at radius 3 is 2.95 bits per heavy atom. The van der Waals surface area contributed by atoms with Crippen LogP contribution in [0.5, 0.6) is 0 Å². The van der Waals surface area contributed by atoms with Gasteiger partial charge < -0.3 is 10.2 Å². The summed E-state index contributed by atoms with van der Waals surface area (Å²) in [7, 11) is 0. The van der Waals surface area contributed by atoms with Gasteiger partial charge in [0.2, 0.25) is 0 Å². The van der Waals surface area contributed by atoms with Crippen LogP contribution in [0.25, 0.3) is 0 Å². The first kappa shape index (κ1) is 16.0. The van der Waals surface area contributed by atoms with Gasteiger partial charge in [0.1, 0.15) is 0 Å². The number of nitrogens with one attached hydrogen (secondary N) is 1. The second-order valence-electron chi connectivity index (χ2n) is 5.46. The van der Waals surface area contributed by atoms with Crippen molar-refractivity contribution in [3.63, 3.8) is 0 Å². The zero-order valence-corrected chi connectivity index (χ0v) is 14.2. The van der Waals surface area contributed by atoms with Crippen LogP contribution in [0, 0.1) is 0 Å². The Bertz CT molecular complexity index is 438. The molecule has 1 aromatic rings. The molecule has 1 aliphatic rings. The standard InChI is InChI=1S/C16H25ClN2S/c1-4-7-18-11-14-5-6-15(17)10-16(14)19-8-9-20-13(3)12(19)2/h5-6,10,12-13,18H,4,7-9,11H2,1-3H3. The van der Waals surface area contributed by atoms with Crippen molar-refractivity contribution in [2.24, 2.45) is 0 Å². The highest BCUT2D eigenvalue weighted by Gasteiger charge is 2.26. The van der Waals surface area contributed by atoms with E-state index < -0.39 is 0 Å². The van der Waals surface area contributed by atoms with Crippen LogP contribution in [-0.2, 0) is 6.54 Å². The van der Waals surface area contributed by atoms with Crippen molar-refractivity contribution in [1.82, 2.24) is 5.32 Å². The molecule has 1 fully saturated rings. The van der Waals surface area contributed by atoms with Crippen LogP contribution in [0.3, 0.4) is 0 Å². The molecule has 1 N–H and O–H groups in total. The molecule has 112 valence electrons. The van der Waals surface area contributed by atoms with Crippen molar-refractivity contribution < 1.29 is 0 Å². The topological polar surface area (TPSA) is 15.3 Å². The number of benzene rings is 1. The number of hydrogen-bond donors (Lipinski definition) is 1. The summed E-state index contributed by atoms with van der Waals surface area (Å²) in [6, 6.07) is 6.85. The Balaban J connectivity index is 2.21. The molecule has 0 aliphatic carbocycles. The van der Waals surface area contributed by atoms with Crippen LogP contribution in [0.4, 0.5) is 5.69 Å². The van der Waals surface area contributed by atoms with Crippen molar-refractivity contribution in [1.29, 1.82) is 0 Å². The normalized spacial score (nSPS) is 23.1. The molecule has 4 heteroatoms. The van der Waals surface area contributed by atoms with Gasteiger partial charge in [0.05, 0.1) is 0 Å². The highest BCUT2D eigenvalue weighted by molar-refractivity contribution is 8.00. The summed E-state index contributed by atoms with van der Waals surface area (Å²) in [4.78, 5) is 2.52. The molecule has 2 nitrogen and oxygen atoms in total. The van der Waals surface area contributed by atoms with Crippen LogP contribution in [0.2, 0.25) is 5.02 Å². The number of hydrogen-bond acceptors (Lipinski definition) is 3. The minimum Gasteiger partial charge on any atom is -0.367 e. The van der Waals surface area contributed by atoms with Crippen LogP contribution < -0.4 is 10.2 Å². The van der Waals surface area contributed by atoms with E-state index in [0.29, 0.717) is 11.3 Å². The van der Waals surface area contributed by atoms with Crippen LogP contribution in [-0.4, -0.2) is 30.1 Å². The maximum Gasteiger partial charge on any atom is 0.0429 e. The Hall–Kier alpha value is -0.380. The predicted molar refractivity (Wildman–Crippen MR) is 92.2 cm³/mol. The molecule has 2 atom stereocenters. The monoisotopic (exact) mass is 312 g/mol. The van der Waals surface area contributed by atoms with E-state index in [0.717, 1.165) is 31.1 Å². The Morgan fingerprint density at radius 1 is 1.40 bits per heavy atom. The summed E-state index contributed by atoms with van der Waals surface area (Å²) in [6.07, 6.45) is 1.16. The van der Waals surface area contributed by atoms with E-state index >= 15 is 0 Å². The van der Waals surface area contributed by atoms with Crippen LogP contribution >= 0.6 is 23.4 Å². The third-order valence-corrected chi connectivity index (χ3v) is 5.56. The molecule has 0 spiro atoms. The van der Waals surface area contributed by atoms with Gasteiger partial charge >= 0.3 is 0 Å². The lowest BCUT2D eigenvalue weighted by Crippen LogP contribution is -2.45. The van der Waals surface area contributed by atoms with Crippen molar-refractivity contribution in [3.8, 4) is 0 Å². The third kappa shape index (κ3) is 3.84. The first-order chi connectivity index (χ1) is 9.63. The van der Waals surface area contributed by atoms with Crippen molar-refractivity contribution >= 4 is 29.1 Å². The molecule has 0 radical (unpaired) electrons. The SMILES string of the molecule is CCCNCc1ccc(Cl)cc1N1CCSC(C)C1C.